The van der Waals surface area contributed by atoms with E-state index in [4.69, 9.17) is 32.7 Å². The fraction of sp³-hybridized carbons (Fsp3) is 0.200. The van der Waals surface area contributed by atoms with Gasteiger partial charge in [0.15, 0.2) is 5.17 Å². The number of halogens is 2. The molecule has 0 saturated heterocycles. The number of rotatable bonds is 4. The van der Waals surface area contributed by atoms with Crippen molar-refractivity contribution in [1.82, 2.24) is 5.01 Å². The molecule has 1 unspecified atom stereocenters. The van der Waals surface area contributed by atoms with E-state index in [1.807, 2.05) is 79.7 Å². The SMILES string of the molecule is CC.CSC(=NSc1ccccc1Cl)N1CC(c2ccccc2)C(c2ccc(Cl)cc2)=N1. The molecule has 1 aliphatic rings. The molecule has 0 fully saturated rings. The number of amidine groups is 1. The molecule has 0 bridgehead atoms. The van der Waals surface area contributed by atoms with Gasteiger partial charge in [-0.3, -0.25) is 0 Å². The third-order valence-corrected chi connectivity index (χ3v) is 7.01. The number of hydrogen-bond donors (Lipinski definition) is 0. The Hall–Kier alpha value is -1.92. The van der Waals surface area contributed by atoms with Gasteiger partial charge in [-0.15, -0.1) is 0 Å². The van der Waals surface area contributed by atoms with Crippen molar-refractivity contribution >= 4 is 57.8 Å². The van der Waals surface area contributed by atoms with Gasteiger partial charge in [-0.2, -0.15) is 9.50 Å². The van der Waals surface area contributed by atoms with E-state index in [0.29, 0.717) is 10.0 Å². The predicted octanol–water partition coefficient (Wildman–Crippen LogP) is 8.25. The quantitative estimate of drug-likeness (QED) is 0.204. The zero-order chi connectivity index (χ0) is 22.9. The van der Waals surface area contributed by atoms with Gasteiger partial charge in [0.25, 0.3) is 0 Å². The van der Waals surface area contributed by atoms with Crippen molar-refractivity contribution < 1.29 is 0 Å². The van der Waals surface area contributed by atoms with Gasteiger partial charge in [0.05, 0.1) is 17.3 Å². The largest absolute Gasteiger partial charge is 0.241 e. The molecule has 3 aromatic rings. The third-order valence-electron chi connectivity index (χ3n) is 4.72. The first-order chi connectivity index (χ1) is 15.7. The number of hydrogen-bond acceptors (Lipinski definition) is 4. The van der Waals surface area contributed by atoms with E-state index in [0.717, 1.165) is 27.9 Å². The lowest BCUT2D eigenvalue weighted by Gasteiger charge is -2.17. The van der Waals surface area contributed by atoms with Gasteiger partial charge in [0, 0.05) is 27.8 Å². The Labute approximate surface area is 209 Å². The molecular weight excluding hydrogens is 477 g/mol. The lowest BCUT2D eigenvalue weighted by molar-refractivity contribution is 0.485. The van der Waals surface area contributed by atoms with Gasteiger partial charge in [-0.05, 0) is 41.6 Å². The second-order valence-electron chi connectivity index (χ2n) is 6.64. The molecule has 0 aromatic heterocycles. The van der Waals surface area contributed by atoms with Crippen LogP contribution in [0.25, 0.3) is 0 Å². The highest BCUT2D eigenvalue weighted by atomic mass is 35.5. The first kappa shape index (κ1) is 24.7. The minimum atomic E-state index is 0.148. The van der Waals surface area contributed by atoms with Crippen LogP contribution in [0.1, 0.15) is 30.9 Å². The summed E-state index contributed by atoms with van der Waals surface area (Å²) >= 11 is 15.3. The molecule has 0 N–H and O–H groups in total. The van der Waals surface area contributed by atoms with Crippen molar-refractivity contribution in [2.45, 2.75) is 24.7 Å². The van der Waals surface area contributed by atoms with Crippen molar-refractivity contribution in [1.29, 1.82) is 0 Å². The van der Waals surface area contributed by atoms with E-state index in [2.05, 4.69) is 24.3 Å². The van der Waals surface area contributed by atoms with Crippen LogP contribution < -0.4 is 0 Å². The Morgan fingerprint density at radius 1 is 0.938 bits per heavy atom. The van der Waals surface area contributed by atoms with Crippen molar-refractivity contribution in [3.63, 3.8) is 0 Å². The second-order valence-corrected chi connectivity index (χ2v) is 9.06. The maximum Gasteiger partial charge on any atom is 0.191 e. The molecule has 3 aromatic carbocycles. The summed E-state index contributed by atoms with van der Waals surface area (Å²) in [6.45, 7) is 4.73. The zero-order valence-electron chi connectivity index (χ0n) is 18.2. The summed E-state index contributed by atoms with van der Waals surface area (Å²) in [5.74, 6) is 0.148. The molecule has 0 aliphatic carbocycles. The molecule has 4 rings (SSSR count). The van der Waals surface area contributed by atoms with Crippen LogP contribution in [0.2, 0.25) is 10.0 Å². The molecule has 166 valence electrons. The van der Waals surface area contributed by atoms with Crippen LogP contribution in [0, 0.1) is 0 Å². The summed E-state index contributed by atoms with van der Waals surface area (Å²) in [5.41, 5.74) is 3.31. The standard InChI is InChI=1S/C23H19Cl2N3S2.C2H6/c1-29-23(27-30-21-10-6-5-9-20(21)25)28-15-19(16-7-3-2-4-8-16)22(26-28)17-11-13-18(24)14-12-17;1-2/h2-14,19H,15H2,1H3;1-2H3. The Bertz CT molecular complexity index is 1070. The fourth-order valence-electron chi connectivity index (χ4n) is 3.25. The first-order valence-electron chi connectivity index (χ1n) is 10.4. The van der Waals surface area contributed by atoms with Gasteiger partial charge in [-0.1, -0.05) is 103 Å². The predicted molar refractivity (Wildman–Crippen MR) is 143 cm³/mol. The first-order valence-corrected chi connectivity index (χ1v) is 13.1. The van der Waals surface area contributed by atoms with Gasteiger partial charge < -0.3 is 0 Å². The van der Waals surface area contributed by atoms with Gasteiger partial charge >= 0.3 is 0 Å². The summed E-state index contributed by atoms with van der Waals surface area (Å²) in [6, 6.07) is 26.0. The molecule has 0 radical (unpaired) electrons. The van der Waals surface area contributed by atoms with Gasteiger partial charge in [-0.25, -0.2) is 5.01 Å². The Morgan fingerprint density at radius 3 is 2.25 bits per heavy atom. The zero-order valence-corrected chi connectivity index (χ0v) is 21.3. The smallest absolute Gasteiger partial charge is 0.191 e. The lowest BCUT2D eigenvalue weighted by Crippen LogP contribution is -2.23. The summed E-state index contributed by atoms with van der Waals surface area (Å²) in [7, 11) is 0. The molecule has 0 spiro atoms. The van der Waals surface area contributed by atoms with Crippen molar-refractivity contribution in [3.05, 3.63) is 100 Å². The highest BCUT2D eigenvalue weighted by molar-refractivity contribution is 8.14. The molecule has 32 heavy (non-hydrogen) atoms. The third kappa shape index (κ3) is 6.10. The van der Waals surface area contributed by atoms with Crippen LogP contribution in [0.5, 0.6) is 0 Å². The normalized spacial score (nSPS) is 15.8. The monoisotopic (exact) mass is 501 g/mol. The maximum atomic E-state index is 6.28. The lowest BCUT2D eigenvalue weighted by atomic mass is 9.91. The summed E-state index contributed by atoms with van der Waals surface area (Å²) in [5, 5.41) is 9.19. The van der Waals surface area contributed by atoms with Crippen molar-refractivity contribution in [2.24, 2.45) is 9.50 Å². The van der Waals surface area contributed by atoms with Crippen LogP contribution in [0.3, 0.4) is 0 Å². The molecular formula is C25H25Cl2N3S2. The topological polar surface area (TPSA) is 28.0 Å². The highest BCUT2D eigenvalue weighted by Gasteiger charge is 2.31. The minimum absolute atomic E-state index is 0.148. The Kier molecular flexibility index (Phi) is 9.54. The van der Waals surface area contributed by atoms with Crippen LogP contribution >= 0.6 is 46.9 Å². The summed E-state index contributed by atoms with van der Waals surface area (Å²) < 4.78 is 4.74. The second kappa shape index (κ2) is 12.4. The van der Waals surface area contributed by atoms with Gasteiger partial charge in [0.2, 0.25) is 0 Å². The van der Waals surface area contributed by atoms with Crippen LogP contribution in [-0.4, -0.2) is 28.7 Å². The fourth-order valence-corrected chi connectivity index (χ4v) is 4.91. The molecule has 1 heterocycles. The maximum absolute atomic E-state index is 6.28. The average Bonchev–Trinajstić information content (AvgIpc) is 3.28. The highest BCUT2D eigenvalue weighted by Crippen LogP contribution is 2.33. The molecule has 0 saturated carbocycles. The van der Waals surface area contributed by atoms with E-state index >= 15 is 0 Å². The van der Waals surface area contributed by atoms with E-state index in [-0.39, 0.29) is 5.92 Å². The van der Waals surface area contributed by atoms with E-state index in [1.165, 1.54) is 17.5 Å². The van der Waals surface area contributed by atoms with Crippen molar-refractivity contribution in [3.8, 4) is 0 Å². The molecule has 7 heteroatoms. The van der Waals surface area contributed by atoms with Crippen LogP contribution in [0.15, 0.2) is 93.3 Å². The molecule has 1 aliphatic heterocycles. The summed E-state index contributed by atoms with van der Waals surface area (Å²) in [4.78, 5) is 0.923. The number of hydrazone groups is 1. The van der Waals surface area contributed by atoms with Crippen molar-refractivity contribution in [2.75, 3.05) is 12.8 Å². The molecule has 1 atom stereocenters. The Balaban J connectivity index is 0.00000141. The van der Waals surface area contributed by atoms with Gasteiger partial charge in [0.1, 0.15) is 0 Å². The van der Waals surface area contributed by atoms with E-state index in [9.17, 15) is 0 Å². The number of benzene rings is 3. The molecule has 0 amide bonds. The Morgan fingerprint density at radius 2 is 1.59 bits per heavy atom. The molecule has 3 nitrogen and oxygen atoms in total. The number of nitrogens with zero attached hydrogens (tertiary/aromatic N) is 3. The van der Waals surface area contributed by atoms with Crippen LogP contribution in [0.4, 0.5) is 0 Å². The minimum Gasteiger partial charge on any atom is -0.241 e. The summed E-state index contributed by atoms with van der Waals surface area (Å²) in [6.07, 6.45) is 2.01. The van der Waals surface area contributed by atoms with E-state index < -0.39 is 0 Å². The van der Waals surface area contributed by atoms with Crippen LogP contribution in [-0.2, 0) is 0 Å². The number of thioether (sulfide) groups is 1. The average molecular weight is 503 g/mol. The van der Waals surface area contributed by atoms with E-state index in [1.54, 1.807) is 11.8 Å².